The number of nitrogen functional groups attached to an aromatic ring is 1. The maximum absolute atomic E-state index is 13.8. The highest BCUT2D eigenvalue weighted by atomic mass is 35.5. The Hall–Kier alpha value is -3.00. The van der Waals surface area contributed by atoms with E-state index in [0.29, 0.717) is 51.2 Å². The average Bonchev–Trinajstić information content (AvgIpc) is 3.20. The molecule has 0 saturated heterocycles. The first-order valence-electron chi connectivity index (χ1n) is 9.98. The van der Waals surface area contributed by atoms with E-state index in [-0.39, 0.29) is 16.6 Å². The minimum atomic E-state index is -0.696. The number of rotatable bonds is 3. The van der Waals surface area contributed by atoms with Crippen molar-refractivity contribution in [2.24, 2.45) is 0 Å². The van der Waals surface area contributed by atoms with Gasteiger partial charge in [-0.15, -0.1) is 0 Å². The summed E-state index contributed by atoms with van der Waals surface area (Å²) in [7, 11) is 0. The third kappa shape index (κ3) is 3.76. The molecule has 3 aromatic rings. The molecule has 3 aromatic carbocycles. The van der Waals surface area contributed by atoms with Gasteiger partial charge in [0, 0.05) is 44.0 Å². The van der Waals surface area contributed by atoms with Gasteiger partial charge in [0.05, 0.1) is 17.4 Å². The molecule has 33 heavy (non-hydrogen) atoms. The van der Waals surface area contributed by atoms with Crippen LogP contribution in [0, 0.1) is 5.82 Å². The highest BCUT2D eigenvalue weighted by Crippen LogP contribution is 2.48. The summed E-state index contributed by atoms with van der Waals surface area (Å²) in [5, 5.41) is 6.70. The van der Waals surface area contributed by atoms with Gasteiger partial charge in [-0.1, -0.05) is 34.8 Å². The molecule has 3 amide bonds. The van der Waals surface area contributed by atoms with Crippen molar-refractivity contribution in [2.75, 3.05) is 22.5 Å². The fourth-order valence-electron chi connectivity index (χ4n) is 4.37. The van der Waals surface area contributed by atoms with Crippen LogP contribution in [0.3, 0.4) is 0 Å². The minimum Gasteiger partial charge on any atom is -0.398 e. The second kappa shape index (κ2) is 8.09. The summed E-state index contributed by atoms with van der Waals surface area (Å²) in [4.78, 5) is 27.5. The number of nitrogens with zero attached hydrogens (tertiary/aromatic N) is 1. The number of anilines is 3. The molecule has 2 aliphatic rings. The van der Waals surface area contributed by atoms with Crippen molar-refractivity contribution in [3.05, 3.63) is 85.6 Å². The average molecular weight is 506 g/mol. The molecule has 5 rings (SSSR count). The molecule has 0 aliphatic carbocycles. The fourth-order valence-corrected chi connectivity index (χ4v) is 5.00. The molecule has 2 aliphatic heterocycles. The number of halogens is 4. The maximum Gasteiger partial charge on any atom is 0.322 e. The summed E-state index contributed by atoms with van der Waals surface area (Å²) in [6.07, 6.45) is 0.575. The van der Waals surface area contributed by atoms with Gasteiger partial charge in [-0.3, -0.25) is 9.69 Å². The molecule has 0 aromatic heterocycles. The Kier molecular flexibility index (Phi) is 5.35. The van der Waals surface area contributed by atoms with Crippen LogP contribution in [0.2, 0.25) is 15.1 Å². The number of carbonyl (C=O) groups excluding carboxylic acids is 2. The van der Waals surface area contributed by atoms with E-state index in [1.807, 2.05) is 0 Å². The molecule has 0 spiro atoms. The minimum absolute atomic E-state index is 0.0420. The van der Waals surface area contributed by atoms with Crippen LogP contribution in [-0.4, -0.2) is 18.5 Å². The van der Waals surface area contributed by atoms with Crippen LogP contribution in [0.5, 0.6) is 0 Å². The molecule has 168 valence electrons. The lowest BCUT2D eigenvalue weighted by Gasteiger charge is -2.35. The van der Waals surface area contributed by atoms with Crippen molar-refractivity contribution >= 4 is 63.8 Å². The van der Waals surface area contributed by atoms with Gasteiger partial charge in [0.1, 0.15) is 5.82 Å². The molecule has 4 N–H and O–H groups in total. The first kappa shape index (κ1) is 21.8. The van der Waals surface area contributed by atoms with E-state index < -0.39 is 17.8 Å². The summed E-state index contributed by atoms with van der Waals surface area (Å²) >= 11 is 18.6. The molecular formula is C23H16Cl3FN4O2. The van der Waals surface area contributed by atoms with Gasteiger partial charge in [0.15, 0.2) is 0 Å². The van der Waals surface area contributed by atoms with Gasteiger partial charge in [0.25, 0.3) is 5.91 Å². The van der Waals surface area contributed by atoms with E-state index in [2.05, 4.69) is 10.6 Å². The Balaban J connectivity index is 1.68. The number of benzene rings is 3. The SMILES string of the molecule is Nc1cc(NC(=O)c2cc(F)cc(Cl)c2)c2c3c1CCN3C(=O)NC2c1cc(Cl)ccc1Cl. The molecule has 0 saturated carbocycles. The van der Waals surface area contributed by atoms with Crippen LogP contribution in [-0.2, 0) is 6.42 Å². The quantitative estimate of drug-likeness (QED) is 0.393. The second-order valence-electron chi connectivity index (χ2n) is 7.82. The molecule has 1 unspecified atom stereocenters. The van der Waals surface area contributed by atoms with Crippen molar-refractivity contribution in [1.82, 2.24) is 5.32 Å². The number of nitrogens with one attached hydrogen (secondary N) is 2. The van der Waals surface area contributed by atoms with Crippen LogP contribution in [0.1, 0.15) is 33.1 Å². The van der Waals surface area contributed by atoms with Crippen molar-refractivity contribution in [3.63, 3.8) is 0 Å². The third-order valence-corrected chi connectivity index (χ3v) is 6.58. The molecule has 10 heteroatoms. The maximum atomic E-state index is 13.8. The molecule has 1 atom stereocenters. The molecule has 6 nitrogen and oxygen atoms in total. The van der Waals surface area contributed by atoms with Crippen molar-refractivity contribution in [3.8, 4) is 0 Å². The van der Waals surface area contributed by atoms with Crippen LogP contribution in [0.25, 0.3) is 0 Å². The number of hydrogen-bond donors (Lipinski definition) is 3. The van der Waals surface area contributed by atoms with E-state index in [4.69, 9.17) is 40.5 Å². The zero-order chi connectivity index (χ0) is 23.4. The lowest BCUT2D eigenvalue weighted by molar-refractivity contribution is 0.102. The Morgan fingerprint density at radius 2 is 1.91 bits per heavy atom. The van der Waals surface area contributed by atoms with E-state index in [1.165, 1.54) is 6.07 Å². The van der Waals surface area contributed by atoms with Gasteiger partial charge in [-0.25, -0.2) is 9.18 Å². The zero-order valence-corrected chi connectivity index (χ0v) is 19.2. The molecule has 0 fully saturated rings. The topological polar surface area (TPSA) is 87.5 Å². The van der Waals surface area contributed by atoms with Crippen LogP contribution in [0.4, 0.5) is 26.2 Å². The van der Waals surface area contributed by atoms with Gasteiger partial charge in [-0.2, -0.15) is 0 Å². The fraction of sp³-hybridized carbons (Fsp3) is 0.130. The van der Waals surface area contributed by atoms with E-state index in [0.717, 1.165) is 17.7 Å². The molecule has 0 bridgehead atoms. The van der Waals surface area contributed by atoms with Crippen molar-refractivity contribution < 1.29 is 14.0 Å². The second-order valence-corrected chi connectivity index (χ2v) is 9.10. The Labute approximate surface area is 203 Å². The highest BCUT2D eigenvalue weighted by Gasteiger charge is 2.40. The highest BCUT2D eigenvalue weighted by molar-refractivity contribution is 6.33. The van der Waals surface area contributed by atoms with Crippen LogP contribution in [0.15, 0.2) is 42.5 Å². The lowest BCUT2D eigenvalue weighted by Crippen LogP contribution is -2.46. The molecule has 0 radical (unpaired) electrons. The normalized spacial score (nSPS) is 16.4. The predicted octanol–water partition coefficient (Wildman–Crippen LogP) is 5.80. The standard InChI is InChI=1S/C23H16Cl3FN4O2/c24-11-1-2-16(26)15(8-11)20-19-18(29-22(32)10-5-12(25)7-13(27)6-10)9-17(28)14-3-4-31(21(14)19)23(33)30-20/h1-2,5-9,20H,3-4,28H2,(H,29,32)(H,30,33). The number of amides is 3. The first-order chi connectivity index (χ1) is 15.7. The summed E-state index contributed by atoms with van der Waals surface area (Å²) in [5.41, 5.74) is 9.78. The van der Waals surface area contributed by atoms with Gasteiger partial charge >= 0.3 is 6.03 Å². The van der Waals surface area contributed by atoms with Crippen molar-refractivity contribution in [2.45, 2.75) is 12.5 Å². The Bertz CT molecular complexity index is 1330. The summed E-state index contributed by atoms with van der Waals surface area (Å²) in [6.45, 7) is 0.450. The van der Waals surface area contributed by atoms with E-state index in [1.54, 1.807) is 29.2 Å². The third-order valence-electron chi connectivity index (χ3n) is 5.78. The van der Waals surface area contributed by atoms with Crippen molar-refractivity contribution in [1.29, 1.82) is 0 Å². The zero-order valence-electron chi connectivity index (χ0n) is 16.9. The van der Waals surface area contributed by atoms with Gasteiger partial charge in [0.2, 0.25) is 0 Å². The van der Waals surface area contributed by atoms with E-state index in [9.17, 15) is 14.0 Å². The number of hydrogen-bond acceptors (Lipinski definition) is 3. The van der Waals surface area contributed by atoms with Gasteiger partial charge < -0.3 is 16.4 Å². The number of carbonyl (C=O) groups is 2. The van der Waals surface area contributed by atoms with Crippen LogP contribution >= 0.6 is 34.8 Å². The van der Waals surface area contributed by atoms with Crippen LogP contribution < -0.4 is 21.3 Å². The largest absolute Gasteiger partial charge is 0.398 e. The van der Waals surface area contributed by atoms with E-state index >= 15 is 0 Å². The smallest absolute Gasteiger partial charge is 0.322 e. The summed E-state index contributed by atoms with van der Waals surface area (Å²) < 4.78 is 13.8. The Morgan fingerprint density at radius 3 is 2.67 bits per heavy atom. The summed E-state index contributed by atoms with van der Waals surface area (Å²) in [5.74, 6) is -1.21. The Morgan fingerprint density at radius 1 is 1.12 bits per heavy atom. The summed E-state index contributed by atoms with van der Waals surface area (Å²) in [6, 6.07) is 9.15. The predicted molar refractivity (Wildman–Crippen MR) is 128 cm³/mol. The lowest BCUT2D eigenvalue weighted by atomic mass is 9.91. The monoisotopic (exact) mass is 504 g/mol. The van der Waals surface area contributed by atoms with Gasteiger partial charge in [-0.05, 0) is 54.4 Å². The number of urea groups is 1. The molecule has 2 heterocycles. The molecular weight excluding hydrogens is 490 g/mol. The number of nitrogens with two attached hydrogens (primary N) is 1. The first-order valence-corrected chi connectivity index (χ1v) is 11.1.